The van der Waals surface area contributed by atoms with Crippen LogP contribution in [0, 0.1) is 0 Å². The Morgan fingerprint density at radius 1 is 1.07 bits per heavy atom. The first-order chi connectivity index (χ1) is 20.6. The summed E-state index contributed by atoms with van der Waals surface area (Å²) in [4.78, 5) is 17.1. The highest BCUT2D eigenvalue weighted by Crippen LogP contribution is 2.34. The molecule has 1 fully saturated rings. The van der Waals surface area contributed by atoms with Crippen molar-refractivity contribution in [1.82, 2.24) is 10.2 Å². The van der Waals surface area contributed by atoms with Gasteiger partial charge in [0.1, 0.15) is 24.7 Å². The van der Waals surface area contributed by atoms with E-state index in [9.17, 15) is 4.79 Å². The van der Waals surface area contributed by atoms with Crippen LogP contribution < -0.4 is 19.7 Å². The molecule has 2 aliphatic rings. The fourth-order valence-electron chi connectivity index (χ4n) is 5.64. The molecule has 0 bridgehead atoms. The number of carbonyl (C=O) groups excluding carboxylic acids is 1. The molecule has 224 valence electrons. The second kappa shape index (κ2) is 15.0. The van der Waals surface area contributed by atoms with Gasteiger partial charge in [-0.15, -0.1) is 0 Å². The summed E-state index contributed by atoms with van der Waals surface area (Å²) >= 11 is 0. The van der Waals surface area contributed by atoms with E-state index in [1.807, 2.05) is 49.5 Å². The van der Waals surface area contributed by atoms with Crippen LogP contribution in [0.2, 0.25) is 0 Å². The molecule has 0 spiro atoms. The van der Waals surface area contributed by atoms with Crippen LogP contribution in [-0.4, -0.2) is 83.6 Å². The van der Waals surface area contributed by atoms with Crippen molar-refractivity contribution in [2.24, 2.45) is 0 Å². The highest BCUT2D eigenvalue weighted by atomic mass is 16.5. The maximum atomic E-state index is 13.0. The minimum atomic E-state index is -0.0102. The van der Waals surface area contributed by atoms with Crippen LogP contribution in [-0.2, 0) is 16.1 Å². The number of piperidine rings is 1. The predicted molar refractivity (Wildman–Crippen MR) is 165 cm³/mol. The van der Waals surface area contributed by atoms with Gasteiger partial charge in [-0.05, 0) is 66.9 Å². The number of nitrogens with one attached hydrogen (secondary N) is 1. The summed E-state index contributed by atoms with van der Waals surface area (Å²) < 4.78 is 23.4. The van der Waals surface area contributed by atoms with Crippen molar-refractivity contribution in [3.8, 4) is 11.5 Å². The maximum absolute atomic E-state index is 13.0. The van der Waals surface area contributed by atoms with Gasteiger partial charge < -0.3 is 34.1 Å². The highest BCUT2D eigenvalue weighted by molar-refractivity contribution is 5.94. The van der Waals surface area contributed by atoms with E-state index in [2.05, 4.69) is 40.5 Å². The van der Waals surface area contributed by atoms with Crippen molar-refractivity contribution >= 4 is 11.6 Å². The molecule has 0 radical (unpaired) electrons. The van der Waals surface area contributed by atoms with E-state index >= 15 is 0 Å². The molecule has 3 aromatic rings. The SMILES string of the molecule is COCCCN1CCOc2ccc(CO[C@H]3CNCC[C@@H]3c3ccc(C(=O)N(C)CCOc4ccccc4)cc3)cc21. The van der Waals surface area contributed by atoms with Crippen LogP contribution in [0.15, 0.2) is 72.8 Å². The smallest absolute Gasteiger partial charge is 0.253 e. The largest absolute Gasteiger partial charge is 0.492 e. The molecule has 8 nitrogen and oxygen atoms in total. The quantitative estimate of drug-likeness (QED) is 0.296. The topological polar surface area (TPSA) is 72.5 Å². The Bertz CT molecular complexity index is 1270. The van der Waals surface area contributed by atoms with E-state index in [-0.39, 0.29) is 17.9 Å². The van der Waals surface area contributed by atoms with Crippen LogP contribution in [0.1, 0.15) is 40.2 Å². The molecule has 2 heterocycles. The van der Waals surface area contributed by atoms with Gasteiger partial charge in [-0.2, -0.15) is 0 Å². The lowest BCUT2D eigenvalue weighted by Gasteiger charge is -2.33. The van der Waals surface area contributed by atoms with E-state index in [1.54, 1.807) is 12.0 Å². The number of benzene rings is 3. The third kappa shape index (κ3) is 7.82. The van der Waals surface area contributed by atoms with Crippen LogP contribution in [0.3, 0.4) is 0 Å². The number of likely N-dealkylation sites (N-methyl/N-ethyl adjacent to an activating group) is 1. The number of anilines is 1. The molecule has 0 unspecified atom stereocenters. The Kier molecular flexibility index (Phi) is 10.7. The van der Waals surface area contributed by atoms with Gasteiger partial charge in [0.25, 0.3) is 5.91 Å². The van der Waals surface area contributed by atoms with Gasteiger partial charge in [-0.3, -0.25) is 4.79 Å². The molecule has 1 saturated heterocycles. The number of amides is 1. The van der Waals surface area contributed by atoms with E-state index in [0.717, 1.165) is 68.4 Å². The molecule has 3 aromatic carbocycles. The molecule has 0 saturated carbocycles. The van der Waals surface area contributed by atoms with Crippen molar-refractivity contribution in [1.29, 1.82) is 0 Å². The third-order valence-electron chi connectivity index (χ3n) is 8.02. The highest BCUT2D eigenvalue weighted by Gasteiger charge is 2.28. The number of nitrogens with zero attached hydrogens (tertiary/aromatic N) is 2. The lowest BCUT2D eigenvalue weighted by Crippen LogP contribution is -2.41. The first kappa shape index (κ1) is 29.9. The van der Waals surface area contributed by atoms with Crippen molar-refractivity contribution in [3.05, 3.63) is 89.5 Å². The lowest BCUT2D eigenvalue weighted by molar-refractivity contribution is 0.0106. The molecule has 1 amide bonds. The molecule has 2 aliphatic heterocycles. The van der Waals surface area contributed by atoms with Gasteiger partial charge in [0.15, 0.2) is 0 Å². The van der Waals surface area contributed by atoms with Crippen LogP contribution in [0.25, 0.3) is 0 Å². The van der Waals surface area contributed by atoms with Crippen molar-refractivity contribution < 1.29 is 23.7 Å². The summed E-state index contributed by atoms with van der Waals surface area (Å²) in [5.41, 5.74) is 4.16. The number of hydrogen-bond donors (Lipinski definition) is 1. The fraction of sp³-hybridized carbons (Fsp3) is 0.441. The van der Waals surface area contributed by atoms with Crippen molar-refractivity contribution in [3.63, 3.8) is 0 Å². The molecule has 0 aromatic heterocycles. The summed E-state index contributed by atoms with van der Waals surface area (Å²) in [6.07, 6.45) is 2.01. The summed E-state index contributed by atoms with van der Waals surface area (Å²) in [7, 11) is 3.56. The molecule has 1 N–H and O–H groups in total. The van der Waals surface area contributed by atoms with E-state index < -0.39 is 0 Å². The monoisotopic (exact) mass is 573 g/mol. The molecule has 0 aliphatic carbocycles. The molecular weight excluding hydrogens is 530 g/mol. The number of ether oxygens (including phenoxy) is 4. The fourth-order valence-corrected chi connectivity index (χ4v) is 5.64. The summed E-state index contributed by atoms with van der Waals surface area (Å²) in [5, 5.41) is 3.49. The van der Waals surface area contributed by atoms with Gasteiger partial charge in [0.2, 0.25) is 0 Å². The molecule has 8 heteroatoms. The maximum Gasteiger partial charge on any atom is 0.253 e. The van der Waals surface area contributed by atoms with Crippen LogP contribution >= 0.6 is 0 Å². The lowest BCUT2D eigenvalue weighted by atomic mass is 9.87. The summed E-state index contributed by atoms with van der Waals surface area (Å²) in [6, 6.07) is 24.1. The first-order valence-corrected chi connectivity index (χ1v) is 15.0. The van der Waals surface area contributed by atoms with Gasteiger partial charge >= 0.3 is 0 Å². The molecular formula is C34H43N3O5. The van der Waals surface area contributed by atoms with Gasteiger partial charge in [0.05, 0.1) is 31.5 Å². The molecule has 2 atom stereocenters. The summed E-state index contributed by atoms with van der Waals surface area (Å²) in [5.74, 6) is 1.99. The number of methoxy groups -OCH3 is 1. The molecule has 5 rings (SSSR count). The second-order valence-corrected chi connectivity index (χ2v) is 10.9. The Balaban J connectivity index is 1.16. The summed E-state index contributed by atoms with van der Waals surface area (Å²) in [6.45, 7) is 6.52. The Hall–Kier alpha value is -3.59. The zero-order valence-corrected chi connectivity index (χ0v) is 24.8. The standard InChI is InChI=1S/C34H43N3O5/c1-36(18-21-40-29-7-4-3-5-8-29)34(38)28-12-10-27(11-13-28)30-15-16-35-24-33(30)42-25-26-9-14-32-31(23-26)37(19-22-41-32)17-6-20-39-2/h3-5,7-14,23,30,33,35H,6,15-22,24-25H2,1-2H3/t30-,33+/m1/s1. The minimum absolute atomic E-state index is 0.0102. The third-order valence-corrected chi connectivity index (χ3v) is 8.02. The van der Waals surface area contributed by atoms with Gasteiger partial charge in [-0.1, -0.05) is 36.4 Å². The van der Waals surface area contributed by atoms with Gasteiger partial charge in [-0.25, -0.2) is 0 Å². The van der Waals surface area contributed by atoms with Crippen LogP contribution in [0.5, 0.6) is 11.5 Å². The van der Waals surface area contributed by atoms with Crippen molar-refractivity contribution in [2.75, 3.05) is 71.6 Å². The molecule has 42 heavy (non-hydrogen) atoms. The Morgan fingerprint density at radius 3 is 2.71 bits per heavy atom. The second-order valence-electron chi connectivity index (χ2n) is 10.9. The average molecular weight is 574 g/mol. The first-order valence-electron chi connectivity index (χ1n) is 15.0. The van der Waals surface area contributed by atoms with Crippen LogP contribution in [0.4, 0.5) is 5.69 Å². The number of hydrogen-bond acceptors (Lipinski definition) is 7. The van der Waals surface area contributed by atoms with E-state index in [0.29, 0.717) is 31.9 Å². The number of rotatable bonds is 13. The predicted octanol–water partition coefficient (Wildman–Crippen LogP) is 4.74. The van der Waals surface area contributed by atoms with E-state index in [1.165, 1.54) is 5.56 Å². The normalized spacial score (nSPS) is 18.2. The number of fused-ring (bicyclic) bond motifs is 1. The average Bonchev–Trinajstić information content (AvgIpc) is 3.04. The zero-order chi connectivity index (χ0) is 29.1. The van der Waals surface area contributed by atoms with Crippen molar-refractivity contribution in [2.45, 2.75) is 31.5 Å². The minimum Gasteiger partial charge on any atom is -0.492 e. The number of carbonyl (C=O) groups is 1. The Labute approximate surface area is 249 Å². The zero-order valence-electron chi connectivity index (χ0n) is 24.8. The van der Waals surface area contributed by atoms with Gasteiger partial charge in [0, 0.05) is 45.3 Å². The Morgan fingerprint density at radius 2 is 1.90 bits per heavy atom. The number of para-hydroxylation sites is 1. The van der Waals surface area contributed by atoms with E-state index in [4.69, 9.17) is 18.9 Å².